The first-order chi connectivity index (χ1) is 15.5. The van der Waals surface area contributed by atoms with E-state index in [4.69, 9.17) is 9.47 Å². The van der Waals surface area contributed by atoms with Gasteiger partial charge in [-0.3, -0.25) is 4.57 Å². The molecule has 11 nitrogen and oxygen atoms in total. The third-order valence-electron chi connectivity index (χ3n) is 5.23. The Hall–Kier alpha value is -3.71. The average Bonchev–Trinajstić information content (AvgIpc) is 3.27. The maximum absolute atomic E-state index is 12.5. The lowest BCUT2D eigenvalue weighted by atomic mass is 10.1. The van der Waals surface area contributed by atoms with E-state index in [2.05, 4.69) is 9.72 Å². The molecule has 0 spiro atoms. The van der Waals surface area contributed by atoms with E-state index in [1.807, 2.05) is 4.90 Å². The third kappa shape index (κ3) is 5.21. The number of nitro groups is 1. The lowest BCUT2D eigenvalue weighted by Crippen LogP contribution is -2.50. The van der Waals surface area contributed by atoms with Gasteiger partial charge in [0.2, 0.25) is 0 Å². The normalized spacial score (nSPS) is 20.2. The highest BCUT2D eigenvalue weighted by molar-refractivity contribution is 5.68. The van der Waals surface area contributed by atoms with Crippen LogP contribution in [0, 0.1) is 10.1 Å². The van der Waals surface area contributed by atoms with Crippen LogP contribution in [0.25, 0.3) is 0 Å². The van der Waals surface area contributed by atoms with Crippen LogP contribution >= 0.6 is 0 Å². The quantitative estimate of drug-likeness (QED) is 0.484. The standard InChI is InChI=1S/C19H20F3N5O6/c1-18(11-26-10-15(27(29)30)23-16(26)33-18)12-31-17(28)25-8-6-24(7-9-25)13-2-4-14(5-3-13)32-19(20,21)22/h2-5,10H,6-9,11-12H2,1H3/t18-/m1/s1. The second-order valence-electron chi connectivity index (χ2n) is 7.89. The van der Waals surface area contributed by atoms with Crippen molar-refractivity contribution in [3.63, 3.8) is 0 Å². The van der Waals surface area contributed by atoms with Crippen molar-refractivity contribution >= 4 is 17.6 Å². The summed E-state index contributed by atoms with van der Waals surface area (Å²) in [6.07, 6.45) is -4.00. The Morgan fingerprint density at radius 3 is 2.48 bits per heavy atom. The number of piperazine rings is 1. The van der Waals surface area contributed by atoms with Crippen LogP contribution in [-0.2, 0) is 11.3 Å². The fourth-order valence-electron chi connectivity index (χ4n) is 3.67. The van der Waals surface area contributed by atoms with Crippen molar-refractivity contribution in [1.82, 2.24) is 14.5 Å². The van der Waals surface area contributed by atoms with Crippen molar-refractivity contribution in [1.29, 1.82) is 0 Å². The number of amides is 1. The van der Waals surface area contributed by atoms with Gasteiger partial charge in [0.15, 0.2) is 5.60 Å². The minimum Gasteiger partial charge on any atom is -0.445 e. The van der Waals surface area contributed by atoms with Crippen LogP contribution in [0.15, 0.2) is 30.5 Å². The van der Waals surface area contributed by atoms with Crippen LogP contribution in [0.3, 0.4) is 0 Å². The molecule has 1 aromatic heterocycles. The number of alkyl halides is 3. The zero-order valence-electron chi connectivity index (χ0n) is 17.4. The highest BCUT2D eigenvalue weighted by Gasteiger charge is 2.42. The fraction of sp³-hybridized carbons (Fsp3) is 0.474. The molecule has 1 fully saturated rings. The summed E-state index contributed by atoms with van der Waals surface area (Å²) in [6.45, 7) is 3.58. The summed E-state index contributed by atoms with van der Waals surface area (Å²) in [7, 11) is 0. The van der Waals surface area contributed by atoms with E-state index in [0.717, 1.165) is 0 Å². The van der Waals surface area contributed by atoms with E-state index < -0.39 is 23.0 Å². The molecule has 178 valence electrons. The molecular formula is C19H20F3N5O6. The molecule has 1 amide bonds. The Bertz CT molecular complexity index is 1010. The summed E-state index contributed by atoms with van der Waals surface area (Å²) in [5, 5.41) is 10.8. The summed E-state index contributed by atoms with van der Waals surface area (Å²) in [5.41, 5.74) is -0.178. The summed E-state index contributed by atoms with van der Waals surface area (Å²) in [6, 6.07) is 5.64. The van der Waals surface area contributed by atoms with Crippen LogP contribution in [-0.4, -0.2) is 70.2 Å². The summed E-state index contributed by atoms with van der Waals surface area (Å²) in [5.74, 6) is -0.614. The van der Waals surface area contributed by atoms with Gasteiger partial charge in [-0.15, -0.1) is 13.2 Å². The monoisotopic (exact) mass is 471 g/mol. The molecule has 14 heteroatoms. The predicted molar refractivity (Wildman–Crippen MR) is 106 cm³/mol. The minimum absolute atomic E-state index is 0.0656. The minimum atomic E-state index is -4.74. The number of hydrogen-bond acceptors (Lipinski definition) is 8. The van der Waals surface area contributed by atoms with Gasteiger partial charge >= 0.3 is 24.3 Å². The molecule has 33 heavy (non-hydrogen) atoms. The van der Waals surface area contributed by atoms with Crippen LogP contribution in [0.4, 0.5) is 29.5 Å². The summed E-state index contributed by atoms with van der Waals surface area (Å²) in [4.78, 5) is 29.9. The smallest absolute Gasteiger partial charge is 0.445 e. The number of ether oxygens (including phenoxy) is 3. The number of carbonyl (C=O) groups excluding carboxylic acids is 1. The van der Waals surface area contributed by atoms with E-state index >= 15 is 0 Å². The molecule has 1 aromatic carbocycles. The lowest BCUT2D eigenvalue weighted by molar-refractivity contribution is -0.389. The number of rotatable bonds is 5. The SMILES string of the molecule is C[C@]1(COC(=O)N2CCN(c3ccc(OC(F)(F)F)cc3)CC2)Cn2cc([N+](=O)[O-])nc2O1. The Morgan fingerprint density at radius 2 is 1.91 bits per heavy atom. The summed E-state index contributed by atoms with van der Waals surface area (Å²) >= 11 is 0. The molecule has 0 bridgehead atoms. The van der Waals surface area contributed by atoms with Gasteiger partial charge in [0.25, 0.3) is 0 Å². The van der Waals surface area contributed by atoms with Crippen molar-refractivity contribution < 1.29 is 37.1 Å². The molecule has 0 N–H and O–H groups in total. The van der Waals surface area contributed by atoms with Gasteiger partial charge in [0.05, 0.1) is 6.54 Å². The largest absolute Gasteiger partial charge is 0.573 e. The highest BCUT2D eigenvalue weighted by atomic mass is 19.4. The number of nitrogens with zero attached hydrogens (tertiary/aromatic N) is 5. The number of hydrogen-bond donors (Lipinski definition) is 0. The topological polar surface area (TPSA) is 112 Å². The van der Waals surface area contributed by atoms with E-state index in [0.29, 0.717) is 31.9 Å². The maximum atomic E-state index is 12.5. The van der Waals surface area contributed by atoms with Gasteiger partial charge in [-0.05, 0) is 36.1 Å². The van der Waals surface area contributed by atoms with Crippen LogP contribution in [0.5, 0.6) is 11.8 Å². The number of anilines is 1. The molecule has 3 heterocycles. The number of aromatic nitrogens is 2. The van der Waals surface area contributed by atoms with Gasteiger partial charge < -0.3 is 34.1 Å². The summed E-state index contributed by atoms with van der Waals surface area (Å²) < 4.78 is 53.2. The second kappa shape index (κ2) is 8.33. The Kier molecular flexibility index (Phi) is 5.68. The van der Waals surface area contributed by atoms with E-state index in [1.165, 1.54) is 39.9 Å². The lowest BCUT2D eigenvalue weighted by Gasteiger charge is -2.36. The van der Waals surface area contributed by atoms with E-state index in [9.17, 15) is 28.1 Å². The molecule has 0 aliphatic carbocycles. The molecule has 0 unspecified atom stereocenters. The van der Waals surface area contributed by atoms with Crippen LogP contribution < -0.4 is 14.4 Å². The van der Waals surface area contributed by atoms with Crippen molar-refractivity contribution in [3.8, 4) is 11.8 Å². The molecule has 1 atom stereocenters. The average molecular weight is 471 g/mol. The first-order valence-electron chi connectivity index (χ1n) is 9.94. The van der Waals surface area contributed by atoms with Crippen LogP contribution in [0.1, 0.15) is 6.92 Å². The van der Waals surface area contributed by atoms with Crippen molar-refractivity contribution in [2.24, 2.45) is 0 Å². The Labute approximate surface area is 185 Å². The van der Waals surface area contributed by atoms with Crippen LogP contribution in [0.2, 0.25) is 0 Å². The highest BCUT2D eigenvalue weighted by Crippen LogP contribution is 2.31. The first kappa shape index (κ1) is 22.5. The molecule has 0 radical (unpaired) electrons. The van der Waals surface area contributed by atoms with Crippen molar-refractivity contribution in [3.05, 3.63) is 40.6 Å². The molecule has 2 aliphatic rings. The zero-order valence-corrected chi connectivity index (χ0v) is 17.4. The van der Waals surface area contributed by atoms with Gasteiger partial charge in [-0.2, -0.15) is 0 Å². The Balaban J connectivity index is 1.24. The Morgan fingerprint density at radius 1 is 1.24 bits per heavy atom. The molecular weight excluding hydrogens is 451 g/mol. The first-order valence-corrected chi connectivity index (χ1v) is 9.94. The van der Waals surface area contributed by atoms with Crippen molar-refractivity contribution in [2.45, 2.75) is 25.4 Å². The maximum Gasteiger partial charge on any atom is 0.573 e. The number of carbonyl (C=O) groups is 1. The van der Waals surface area contributed by atoms with E-state index in [-0.39, 0.29) is 30.7 Å². The number of benzene rings is 1. The van der Waals surface area contributed by atoms with Gasteiger partial charge in [0.1, 0.15) is 18.6 Å². The second-order valence-corrected chi connectivity index (χ2v) is 7.89. The van der Waals surface area contributed by atoms with Gasteiger partial charge in [0, 0.05) is 36.9 Å². The molecule has 2 aromatic rings. The molecule has 0 saturated carbocycles. The third-order valence-corrected chi connectivity index (χ3v) is 5.23. The predicted octanol–water partition coefficient (Wildman–Crippen LogP) is 2.80. The number of fused-ring (bicyclic) bond motifs is 1. The number of imidazole rings is 1. The molecule has 4 rings (SSSR count). The van der Waals surface area contributed by atoms with E-state index in [1.54, 1.807) is 6.92 Å². The van der Waals surface area contributed by atoms with Crippen molar-refractivity contribution in [2.75, 3.05) is 37.7 Å². The number of halogens is 3. The van der Waals surface area contributed by atoms with Gasteiger partial charge in [-0.25, -0.2) is 4.79 Å². The van der Waals surface area contributed by atoms with Gasteiger partial charge in [-0.1, -0.05) is 0 Å². The zero-order chi connectivity index (χ0) is 23.8. The fourth-order valence-corrected chi connectivity index (χ4v) is 3.67. The molecule has 2 aliphatic heterocycles. The molecule has 1 saturated heterocycles.